The van der Waals surface area contributed by atoms with Gasteiger partial charge in [0, 0.05) is 7.05 Å². The van der Waals surface area contributed by atoms with Gasteiger partial charge >= 0.3 is 6.03 Å². The number of fused-ring (bicyclic) bond motifs is 1. The topological polar surface area (TPSA) is 41.6 Å². The van der Waals surface area contributed by atoms with Gasteiger partial charge in [0.05, 0.1) is 12.2 Å². The van der Waals surface area contributed by atoms with Gasteiger partial charge < -0.3 is 10.1 Å². The number of nitrogens with zero attached hydrogens (tertiary/aromatic N) is 1. The minimum Gasteiger partial charge on any atom is -0.490 e. The van der Waals surface area contributed by atoms with Crippen LogP contribution in [-0.2, 0) is 0 Å². The van der Waals surface area contributed by atoms with Gasteiger partial charge in [0.15, 0.2) is 0 Å². The van der Waals surface area contributed by atoms with E-state index in [1.54, 1.807) is 11.9 Å². The van der Waals surface area contributed by atoms with Gasteiger partial charge in [-0.25, -0.2) is 4.79 Å². The van der Waals surface area contributed by atoms with Gasteiger partial charge in [0.2, 0.25) is 0 Å². The van der Waals surface area contributed by atoms with Crippen LogP contribution in [0.5, 0.6) is 5.75 Å². The molecular weight excluding hydrogens is 192 g/mol. The molecule has 1 aliphatic rings. The number of hydrogen-bond acceptors (Lipinski definition) is 2. The smallest absolute Gasteiger partial charge is 0.321 e. The summed E-state index contributed by atoms with van der Waals surface area (Å²) in [6, 6.07) is 5.75. The zero-order chi connectivity index (χ0) is 10.8. The third kappa shape index (κ3) is 1.75. The van der Waals surface area contributed by atoms with Crippen molar-refractivity contribution in [3.05, 3.63) is 23.8 Å². The van der Waals surface area contributed by atoms with E-state index >= 15 is 0 Å². The van der Waals surface area contributed by atoms with E-state index in [-0.39, 0.29) is 6.03 Å². The third-order valence-electron chi connectivity index (χ3n) is 2.44. The molecule has 1 aromatic rings. The van der Waals surface area contributed by atoms with E-state index in [1.807, 2.05) is 25.1 Å². The first kappa shape index (κ1) is 9.83. The maximum Gasteiger partial charge on any atom is 0.321 e. The molecule has 1 heterocycles. The second-order valence-electron chi connectivity index (χ2n) is 3.53. The molecule has 0 saturated carbocycles. The standard InChI is InChI=1S/C11H14N2O2/c1-8-3-4-10-9(7-8)13(5-6-15-10)11(14)12-2/h3-4,7H,5-6H2,1-2H3,(H,12,14). The predicted molar refractivity (Wildman–Crippen MR) is 58.5 cm³/mol. The van der Waals surface area contributed by atoms with E-state index < -0.39 is 0 Å². The number of anilines is 1. The van der Waals surface area contributed by atoms with Crippen molar-refractivity contribution >= 4 is 11.7 Å². The molecule has 1 aromatic carbocycles. The Kier molecular flexibility index (Phi) is 2.49. The molecule has 4 heteroatoms. The van der Waals surface area contributed by atoms with Crippen molar-refractivity contribution in [2.24, 2.45) is 0 Å². The van der Waals surface area contributed by atoms with Crippen LogP contribution in [0.15, 0.2) is 18.2 Å². The van der Waals surface area contributed by atoms with Gasteiger partial charge in [-0.05, 0) is 24.6 Å². The Morgan fingerprint density at radius 2 is 2.33 bits per heavy atom. The summed E-state index contributed by atoms with van der Waals surface area (Å²) in [4.78, 5) is 13.3. The maximum absolute atomic E-state index is 11.6. The number of benzene rings is 1. The van der Waals surface area contributed by atoms with Crippen molar-refractivity contribution in [2.45, 2.75) is 6.92 Å². The van der Waals surface area contributed by atoms with E-state index in [0.29, 0.717) is 13.2 Å². The van der Waals surface area contributed by atoms with Gasteiger partial charge in [0.1, 0.15) is 12.4 Å². The van der Waals surface area contributed by atoms with Crippen molar-refractivity contribution in [3.8, 4) is 5.75 Å². The highest BCUT2D eigenvalue weighted by molar-refractivity contribution is 5.94. The molecule has 0 spiro atoms. The Labute approximate surface area is 88.8 Å². The fourth-order valence-corrected chi connectivity index (χ4v) is 1.67. The number of carbonyl (C=O) groups excluding carboxylic acids is 1. The molecule has 0 aromatic heterocycles. The number of amides is 2. The maximum atomic E-state index is 11.6. The molecule has 15 heavy (non-hydrogen) atoms. The summed E-state index contributed by atoms with van der Waals surface area (Å²) in [7, 11) is 1.63. The van der Waals surface area contributed by atoms with E-state index in [4.69, 9.17) is 4.74 Å². The average molecular weight is 206 g/mol. The lowest BCUT2D eigenvalue weighted by molar-refractivity contribution is 0.241. The zero-order valence-electron chi connectivity index (χ0n) is 8.91. The van der Waals surface area contributed by atoms with Crippen molar-refractivity contribution < 1.29 is 9.53 Å². The van der Waals surface area contributed by atoms with Gasteiger partial charge in [0.25, 0.3) is 0 Å². The molecular formula is C11H14N2O2. The molecule has 2 rings (SSSR count). The van der Waals surface area contributed by atoms with Crippen LogP contribution in [0, 0.1) is 6.92 Å². The fraction of sp³-hybridized carbons (Fsp3) is 0.364. The lowest BCUT2D eigenvalue weighted by atomic mass is 10.2. The van der Waals surface area contributed by atoms with E-state index in [0.717, 1.165) is 17.0 Å². The molecule has 2 amide bonds. The second-order valence-corrected chi connectivity index (χ2v) is 3.53. The number of hydrogen-bond donors (Lipinski definition) is 1. The number of nitrogens with one attached hydrogen (secondary N) is 1. The van der Waals surface area contributed by atoms with Crippen molar-refractivity contribution in [1.29, 1.82) is 0 Å². The van der Waals surface area contributed by atoms with Crippen LogP contribution in [0.1, 0.15) is 5.56 Å². The lowest BCUT2D eigenvalue weighted by Gasteiger charge is -2.29. The Morgan fingerprint density at radius 3 is 3.07 bits per heavy atom. The van der Waals surface area contributed by atoms with Gasteiger partial charge in [-0.1, -0.05) is 6.07 Å². The molecule has 1 aliphatic heterocycles. The molecule has 80 valence electrons. The Hall–Kier alpha value is -1.71. The van der Waals surface area contributed by atoms with Crippen molar-refractivity contribution in [3.63, 3.8) is 0 Å². The van der Waals surface area contributed by atoms with Gasteiger partial charge in [-0.3, -0.25) is 4.90 Å². The largest absolute Gasteiger partial charge is 0.490 e. The molecule has 0 radical (unpaired) electrons. The van der Waals surface area contributed by atoms with Crippen LogP contribution < -0.4 is 15.0 Å². The summed E-state index contributed by atoms with van der Waals surface area (Å²) in [5, 5.41) is 2.63. The van der Waals surface area contributed by atoms with Crippen LogP contribution in [-0.4, -0.2) is 26.2 Å². The summed E-state index contributed by atoms with van der Waals surface area (Å²) in [6.45, 7) is 3.14. The summed E-state index contributed by atoms with van der Waals surface area (Å²) < 4.78 is 5.48. The molecule has 0 saturated heterocycles. The summed E-state index contributed by atoms with van der Waals surface area (Å²) in [6.07, 6.45) is 0. The normalized spacial score (nSPS) is 14.1. The predicted octanol–water partition coefficient (Wildman–Crippen LogP) is 1.53. The lowest BCUT2D eigenvalue weighted by Crippen LogP contribution is -2.43. The number of urea groups is 1. The Balaban J connectivity index is 2.40. The number of carbonyl (C=O) groups is 1. The number of rotatable bonds is 0. The van der Waals surface area contributed by atoms with Crippen LogP contribution in [0.4, 0.5) is 10.5 Å². The minimum absolute atomic E-state index is 0.0925. The van der Waals surface area contributed by atoms with Crippen LogP contribution in [0.2, 0.25) is 0 Å². The first-order chi connectivity index (χ1) is 7.22. The highest BCUT2D eigenvalue weighted by Crippen LogP contribution is 2.32. The van der Waals surface area contributed by atoms with E-state index in [1.165, 1.54) is 0 Å². The summed E-state index contributed by atoms with van der Waals surface area (Å²) in [5.74, 6) is 0.774. The molecule has 0 atom stereocenters. The SMILES string of the molecule is CNC(=O)N1CCOc2ccc(C)cc21. The molecule has 4 nitrogen and oxygen atoms in total. The second kappa shape index (κ2) is 3.81. The van der Waals surface area contributed by atoms with Gasteiger partial charge in [-0.15, -0.1) is 0 Å². The van der Waals surface area contributed by atoms with Crippen LogP contribution >= 0.6 is 0 Å². The van der Waals surface area contributed by atoms with Crippen LogP contribution in [0.3, 0.4) is 0 Å². The monoisotopic (exact) mass is 206 g/mol. The van der Waals surface area contributed by atoms with Crippen molar-refractivity contribution in [1.82, 2.24) is 5.32 Å². The van der Waals surface area contributed by atoms with E-state index in [9.17, 15) is 4.79 Å². The van der Waals surface area contributed by atoms with Gasteiger partial charge in [-0.2, -0.15) is 0 Å². The molecule has 0 bridgehead atoms. The Bertz CT molecular complexity index is 390. The summed E-state index contributed by atoms with van der Waals surface area (Å²) >= 11 is 0. The zero-order valence-corrected chi connectivity index (χ0v) is 8.91. The first-order valence-electron chi connectivity index (χ1n) is 4.95. The average Bonchev–Trinajstić information content (AvgIpc) is 2.27. The summed E-state index contributed by atoms with van der Waals surface area (Å²) in [5.41, 5.74) is 1.97. The molecule has 0 aliphatic carbocycles. The molecule has 0 unspecified atom stereocenters. The number of aryl methyl sites for hydroxylation is 1. The van der Waals surface area contributed by atoms with Crippen LogP contribution in [0.25, 0.3) is 0 Å². The number of ether oxygens (including phenoxy) is 1. The first-order valence-corrected chi connectivity index (χ1v) is 4.95. The Morgan fingerprint density at radius 1 is 1.53 bits per heavy atom. The minimum atomic E-state index is -0.0925. The molecule has 1 N–H and O–H groups in total. The van der Waals surface area contributed by atoms with Crippen molar-refractivity contribution in [2.75, 3.05) is 25.1 Å². The quantitative estimate of drug-likeness (QED) is 0.699. The highest BCUT2D eigenvalue weighted by atomic mass is 16.5. The van der Waals surface area contributed by atoms with E-state index in [2.05, 4.69) is 5.32 Å². The fourth-order valence-electron chi connectivity index (χ4n) is 1.67. The molecule has 0 fully saturated rings. The third-order valence-corrected chi connectivity index (χ3v) is 2.44. The highest BCUT2D eigenvalue weighted by Gasteiger charge is 2.22.